The third-order valence-corrected chi connectivity index (χ3v) is 6.51. The molecule has 3 aromatic carbocycles. The lowest BCUT2D eigenvalue weighted by Crippen LogP contribution is -2.44. The van der Waals surface area contributed by atoms with Gasteiger partial charge in [-0.05, 0) is 30.4 Å². The van der Waals surface area contributed by atoms with Gasteiger partial charge in [0.25, 0.3) is 0 Å². The number of piperidine rings is 1. The van der Waals surface area contributed by atoms with E-state index in [-0.39, 0.29) is 0 Å². The predicted octanol–water partition coefficient (Wildman–Crippen LogP) is 4.44. The fourth-order valence-electron chi connectivity index (χ4n) is 4.89. The van der Waals surface area contributed by atoms with Crippen LogP contribution in [0, 0.1) is 0 Å². The van der Waals surface area contributed by atoms with Gasteiger partial charge < -0.3 is 14.7 Å². The van der Waals surface area contributed by atoms with Crippen molar-refractivity contribution in [2.24, 2.45) is 0 Å². The van der Waals surface area contributed by atoms with E-state index < -0.39 is 11.4 Å². The average molecular weight is 386 g/mol. The molecular formula is C26H27NO2. The van der Waals surface area contributed by atoms with E-state index in [0.717, 1.165) is 55.6 Å². The van der Waals surface area contributed by atoms with Crippen molar-refractivity contribution in [2.45, 2.75) is 30.7 Å². The fraction of sp³-hybridized carbons (Fsp3) is 0.308. The highest BCUT2D eigenvalue weighted by Crippen LogP contribution is 2.53. The van der Waals surface area contributed by atoms with Crippen molar-refractivity contribution < 1.29 is 9.84 Å². The van der Waals surface area contributed by atoms with Crippen molar-refractivity contribution in [2.75, 3.05) is 19.6 Å². The number of benzene rings is 3. The third kappa shape index (κ3) is 3.29. The summed E-state index contributed by atoms with van der Waals surface area (Å²) in [5.74, 6) is -1.37. The molecule has 5 rings (SSSR count). The molecule has 0 bridgehead atoms. The van der Waals surface area contributed by atoms with E-state index in [4.69, 9.17) is 4.74 Å². The van der Waals surface area contributed by atoms with Crippen LogP contribution in [0.1, 0.15) is 35.1 Å². The van der Waals surface area contributed by atoms with E-state index in [9.17, 15) is 5.11 Å². The normalized spacial score (nSPS) is 23.2. The number of rotatable bonds is 4. The second kappa shape index (κ2) is 7.42. The molecule has 3 nitrogen and oxygen atoms in total. The highest BCUT2D eigenvalue weighted by atomic mass is 16.6. The minimum atomic E-state index is -1.37. The zero-order valence-corrected chi connectivity index (χ0v) is 16.6. The Bertz CT molecular complexity index is 964. The van der Waals surface area contributed by atoms with E-state index in [1.807, 2.05) is 42.5 Å². The number of likely N-dealkylation sites (tertiary alicyclic amines) is 1. The minimum Gasteiger partial charge on any atom is -0.358 e. The molecule has 2 aliphatic heterocycles. The second-order valence-electron chi connectivity index (χ2n) is 8.23. The first-order valence-corrected chi connectivity index (χ1v) is 10.5. The molecule has 29 heavy (non-hydrogen) atoms. The molecule has 1 saturated heterocycles. The van der Waals surface area contributed by atoms with Crippen LogP contribution in [0.25, 0.3) is 0 Å². The molecule has 3 heteroatoms. The first-order valence-electron chi connectivity index (χ1n) is 10.5. The molecule has 2 heterocycles. The van der Waals surface area contributed by atoms with Crippen LogP contribution in [0.2, 0.25) is 0 Å². The lowest BCUT2D eigenvalue weighted by Gasteiger charge is -2.40. The van der Waals surface area contributed by atoms with Crippen LogP contribution in [0.15, 0.2) is 84.9 Å². The lowest BCUT2D eigenvalue weighted by atomic mass is 9.82. The Labute approximate surface area is 172 Å². The molecule has 0 radical (unpaired) electrons. The smallest absolute Gasteiger partial charge is 0.221 e. The summed E-state index contributed by atoms with van der Waals surface area (Å²) in [6.07, 6.45) is 2.86. The highest BCUT2D eigenvalue weighted by Gasteiger charge is 2.54. The van der Waals surface area contributed by atoms with Gasteiger partial charge in [-0.1, -0.05) is 84.9 Å². The maximum atomic E-state index is 11.6. The van der Waals surface area contributed by atoms with Gasteiger partial charge >= 0.3 is 0 Å². The lowest BCUT2D eigenvalue weighted by molar-refractivity contribution is -0.244. The SMILES string of the molecule is OC1(c2ccccc2)OC2(CCN(CCc3ccccc3)CC2)c2ccccc21. The van der Waals surface area contributed by atoms with Crippen molar-refractivity contribution in [3.8, 4) is 0 Å². The number of hydrogen-bond donors (Lipinski definition) is 1. The molecule has 0 amide bonds. The fourth-order valence-corrected chi connectivity index (χ4v) is 4.89. The van der Waals surface area contributed by atoms with E-state index in [1.165, 1.54) is 5.56 Å². The standard InChI is InChI=1S/C26H27NO2/c28-26(22-11-5-2-6-12-22)24-14-8-7-13-23(24)25(29-26)16-19-27(20-17-25)18-15-21-9-3-1-4-10-21/h1-14,28H,15-20H2. The molecular weight excluding hydrogens is 358 g/mol. The van der Waals surface area contributed by atoms with E-state index in [1.54, 1.807) is 0 Å². The van der Waals surface area contributed by atoms with Gasteiger partial charge in [-0.15, -0.1) is 0 Å². The molecule has 2 aliphatic rings. The van der Waals surface area contributed by atoms with Gasteiger partial charge in [0.15, 0.2) is 0 Å². The van der Waals surface area contributed by atoms with Crippen LogP contribution >= 0.6 is 0 Å². The highest BCUT2D eigenvalue weighted by molar-refractivity contribution is 5.46. The monoisotopic (exact) mass is 385 g/mol. The summed E-state index contributed by atoms with van der Waals surface area (Å²) < 4.78 is 6.57. The minimum absolute atomic E-state index is 0.412. The van der Waals surface area contributed by atoms with Gasteiger partial charge in [0.2, 0.25) is 5.79 Å². The summed E-state index contributed by atoms with van der Waals surface area (Å²) in [5, 5.41) is 11.6. The van der Waals surface area contributed by atoms with Gasteiger partial charge in [-0.3, -0.25) is 0 Å². The second-order valence-corrected chi connectivity index (χ2v) is 8.23. The van der Waals surface area contributed by atoms with E-state index in [2.05, 4.69) is 47.4 Å². The Balaban J connectivity index is 1.35. The molecule has 0 saturated carbocycles. The van der Waals surface area contributed by atoms with Crippen LogP contribution in [-0.2, 0) is 22.5 Å². The topological polar surface area (TPSA) is 32.7 Å². The van der Waals surface area contributed by atoms with Gasteiger partial charge in [0.1, 0.15) is 5.60 Å². The maximum absolute atomic E-state index is 11.6. The van der Waals surface area contributed by atoms with Crippen LogP contribution in [-0.4, -0.2) is 29.6 Å². The third-order valence-electron chi connectivity index (χ3n) is 6.51. The summed E-state index contributed by atoms with van der Waals surface area (Å²) in [7, 11) is 0. The van der Waals surface area contributed by atoms with Crippen molar-refractivity contribution in [3.05, 3.63) is 107 Å². The van der Waals surface area contributed by atoms with Gasteiger partial charge in [-0.2, -0.15) is 0 Å². The van der Waals surface area contributed by atoms with Gasteiger partial charge in [-0.25, -0.2) is 0 Å². The first kappa shape index (κ1) is 18.6. The summed E-state index contributed by atoms with van der Waals surface area (Å²) in [6.45, 7) is 3.02. The van der Waals surface area contributed by atoms with Crippen LogP contribution < -0.4 is 0 Å². The van der Waals surface area contributed by atoms with Gasteiger partial charge in [0, 0.05) is 30.8 Å². The Morgan fingerprint density at radius 1 is 0.759 bits per heavy atom. The molecule has 1 spiro atoms. The van der Waals surface area contributed by atoms with Crippen molar-refractivity contribution in [1.82, 2.24) is 4.90 Å². The largest absolute Gasteiger partial charge is 0.358 e. The number of aliphatic hydroxyl groups is 1. The summed E-state index contributed by atoms with van der Waals surface area (Å²) in [4.78, 5) is 2.52. The van der Waals surface area contributed by atoms with Crippen LogP contribution in [0.5, 0.6) is 0 Å². The molecule has 0 aromatic heterocycles. The Morgan fingerprint density at radius 3 is 2.03 bits per heavy atom. The average Bonchev–Trinajstić information content (AvgIpc) is 3.04. The maximum Gasteiger partial charge on any atom is 0.221 e. The van der Waals surface area contributed by atoms with E-state index in [0.29, 0.717) is 0 Å². The molecule has 1 atom stereocenters. The number of nitrogens with zero attached hydrogens (tertiary/aromatic N) is 1. The van der Waals surface area contributed by atoms with Crippen molar-refractivity contribution >= 4 is 0 Å². The number of fused-ring (bicyclic) bond motifs is 2. The predicted molar refractivity (Wildman–Crippen MR) is 114 cm³/mol. The molecule has 1 N–H and O–H groups in total. The quantitative estimate of drug-likeness (QED) is 0.720. The molecule has 1 unspecified atom stereocenters. The number of ether oxygens (including phenoxy) is 1. The van der Waals surface area contributed by atoms with Gasteiger partial charge in [0.05, 0.1) is 0 Å². The molecule has 148 valence electrons. The Kier molecular flexibility index (Phi) is 4.75. The zero-order valence-electron chi connectivity index (χ0n) is 16.6. The Morgan fingerprint density at radius 2 is 1.34 bits per heavy atom. The molecule has 1 fully saturated rings. The summed E-state index contributed by atoms with van der Waals surface area (Å²) in [6, 6.07) is 28.6. The number of hydrogen-bond acceptors (Lipinski definition) is 3. The Hall–Kier alpha value is -2.46. The van der Waals surface area contributed by atoms with Crippen LogP contribution in [0.3, 0.4) is 0 Å². The van der Waals surface area contributed by atoms with E-state index >= 15 is 0 Å². The molecule has 3 aromatic rings. The first-order chi connectivity index (χ1) is 14.2. The summed E-state index contributed by atoms with van der Waals surface area (Å²) >= 11 is 0. The summed E-state index contributed by atoms with van der Waals surface area (Å²) in [5.41, 5.74) is 3.81. The van der Waals surface area contributed by atoms with Crippen LogP contribution in [0.4, 0.5) is 0 Å². The molecule has 0 aliphatic carbocycles. The van der Waals surface area contributed by atoms with Crippen molar-refractivity contribution in [1.29, 1.82) is 0 Å². The zero-order chi connectivity index (χ0) is 19.7. The van der Waals surface area contributed by atoms with Crippen molar-refractivity contribution in [3.63, 3.8) is 0 Å².